The first kappa shape index (κ1) is 35.2. The fourth-order valence-corrected chi connectivity index (χ4v) is 6.56. The number of esters is 2. The Kier molecular flexibility index (Phi) is 9.20. The lowest BCUT2D eigenvalue weighted by molar-refractivity contribution is 0.0592. The minimum atomic E-state index is -0.726. The first-order valence-corrected chi connectivity index (χ1v) is 16.4. The largest absolute Gasteiger partial charge is 0.494 e. The van der Waals surface area contributed by atoms with Crippen LogP contribution in [0.25, 0.3) is 44.8 Å². The van der Waals surface area contributed by atoms with Gasteiger partial charge in [-0.15, -0.1) is 0 Å². The third-order valence-electron chi connectivity index (χ3n) is 9.00. The van der Waals surface area contributed by atoms with Crippen molar-refractivity contribution in [1.82, 2.24) is 24.1 Å². The van der Waals surface area contributed by atoms with Crippen LogP contribution in [-0.2, 0) is 22.6 Å². The number of rotatable bonds is 6. The van der Waals surface area contributed by atoms with Gasteiger partial charge in [-0.2, -0.15) is 0 Å². The molecule has 0 spiro atoms. The maximum Gasteiger partial charge on any atom is 0.338 e. The molecule has 0 saturated heterocycles. The second-order valence-electron chi connectivity index (χ2n) is 11.9. The number of fused-ring (bicyclic) bond motifs is 8. The molecule has 0 atom stereocenters. The van der Waals surface area contributed by atoms with Crippen LogP contribution in [0.2, 0.25) is 0 Å². The number of methoxy groups -OCH3 is 4. The summed E-state index contributed by atoms with van der Waals surface area (Å²) in [6.07, 6.45) is 1.44. The summed E-state index contributed by atoms with van der Waals surface area (Å²) in [6, 6.07) is 12.7. The van der Waals surface area contributed by atoms with Gasteiger partial charge in [0, 0.05) is 30.9 Å². The van der Waals surface area contributed by atoms with Gasteiger partial charge in [0.2, 0.25) is 5.88 Å². The summed E-state index contributed by atoms with van der Waals surface area (Å²) >= 11 is 0. The highest BCUT2D eigenvalue weighted by Gasteiger charge is 2.28. The number of nitrogens with two attached hydrogens (primary N) is 2. The molecule has 0 fully saturated rings. The lowest BCUT2D eigenvalue weighted by Gasteiger charge is -2.16. The van der Waals surface area contributed by atoms with Crippen molar-refractivity contribution in [1.29, 1.82) is 0 Å². The molecule has 276 valence electrons. The number of pyridine rings is 1. The van der Waals surface area contributed by atoms with Crippen LogP contribution in [0.15, 0.2) is 54.7 Å². The predicted octanol–water partition coefficient (Wildman–Crippen LogP) is 3.37. The van der Waals surface area contributed by atoms with Gasteiger partial charge in [0.05, 0.1) is 67.3 Å². The number of carbonyl (C=O) groups is 4. The van der Waals surface area contributed by atoms with Crippen LogP contribution < -0.4 is 30.4 Å². The number of hydrogen-bond donors (Lipinski definition) is 2. The quantitative estimate of drug-likeness (QED) is 0.234. The highest BCUT2D eigenvalue weighted by molar-refractivity contribution is 6.04. The van der Waals surface area contributed by atoms with E-state index < -0.39 is 23.8 Å². The molecule has 2 aliphatic rings. The van der Waals surface area contributed by atoms with Crippen LogP contribution >= 0.6 is 0 Å². The number of carbonyl (C=O) groups excluding carboxylic acids is 4. The molecule has 2 aliphatic heterocycles. The van der Waals surface area contributed by atoms with Crippen molar-refractivity contribution in [2.75, 3.05) is 41.7 Å². The lowest BCUT2D eigenvalue weighted by Crippen LogP contribution is -2.14. The van der Waals surface area contributed by atoms with Gasteiger partial charge >= 0.3 is 11.9 Å². The van der Waals surface area contributed by atoms with Crippen molar-refractivity contribution in [2.45, 2.75) is 13.1 Å². The summed E-state index contributed by atoms with van der Waals surface area (Å²) in [6.45, 7) is 0.374. The van der Waals surface area contributed by atoms with E-state index >= 15 is 0 Å². The number of imidazole rings is 2. The normalized spacial score (nSPS) is 12.5. The van der Waals surface area contributed by atoms with Gasteiger partial charge in [0.15, 0.2) is 11.5 Å². The number of ether oxygens (including phenoxy) is 6. The average molecular weight is 736 g/mol. The standard InChI is InChI=1S/C37H33N7O10/c1-49-30-20(32(38)45)7-9-25-28(30)41-34-22-15-18(5-6-19(22)36(47)51-3)53-13-14-54-27-16-23(37(48)52-4)24(17-40-27)35-42-29-26(44(35)12-11-43(25)34)10-8-21(33(39)46)31(29)50-2/h5-10,15-17H,11-14H2,1-4H3,(H2,38,45)(H2,39,46). The number of aryl methyl sites for hydroxylation is 2. The molecule has 2 amide bonds. The number of nitrogens with zero attached hydrogens (tertiary/aromatic N) is 5. The van der Waals surface area contributed by atoms with E-state index in [9.17, 15) is 19.2 Å². The van der Waals surface area contributed by atoms with Crippen molar-refractivity contribution < 1.29 is 47.6 Å². The van der Waals surface area contributed by atoms with E-state index in [0.29, 0.717) is 33.7 Å². The lowest BCUT2D eigenvalue weighted by atomic mass is 10.1. The minimum absolute atomic E-state index is 0.0260. The van der Waals surface area contributed by atoms with Crippen LogP contribution in [0.3, 0.4) is 0 Å². The van der Waals surface area contributed by atoms with Gasteiger partial charge in [0.1, 0.15) is 41.6 Å². The van der Waals surface area contributed by atoms with E-state index in [1.54, 1.807) is 30.3 Å². The Hall–Kier alpha value is -7.17. The zero-order valence-corrected chi connectivity index (χ0v) is 29.5. The molecule has 0 aliphatic carbocycles. The second-order valence-corrected chi connectivity index (χ2v) is 11.9. The monoisotopic (exact) mass is 735 g/mol. The van der Waals surface area contributed by atoms with Crippen LogP contribution in [-0.4, -0.2) is 89.5 Å². The molecule has 8 rings (SSSR count). The number of primary amides is 2. The third kappa shape index (κ3) is 5.90. The van der Waals surface area contributed by atoms with Crippen molar-refractivity contribution in [3.05, 3.63) is 77.0 Å². The van der Waals surface area contributed by atoms with Gasteiger partial charge in [-0.05, 0) is 42.5 Å². The van der Waals surface area contributed by atoms with Crippen molar-refractivity contribution in [3.8, 4) is 45.9 Å². The number of benzene rings is 3. The summed E-state index contributed by atoms with van der Waals surface area (Å²) in [4.78, 5) is 65.6. The van der Waals surface area contributed by atoms with Gasteiger partial charge in [-0.1, -0.05) is 0 Å². The van der Waals surface area contributed by atoms with Gasteiger partial charge in [-0.3, -0.25) is 9.59 Å². The zero-order valence-electron chi connectivity index (χ0n) is 29.5. The Labute approximate surface area is 306 Å². The SMILES string of the molecule is COC(=O)c1cc2ncc1-c1nc3c(OC)c(C(N)=O)ccc3n1CCn1c(nc3c(OC)c(C(N)=O)ccc31)-c1cc(ccc1C(=O)OC)OCCO2. The second kappa shape index (κ2) is 14.1. The summed E-state index contributed by atoms with van der Waals surface area (Å²) in [5, 5.41) is 0. The van der Waals surface area contributed by atoms with Gasteiger partial charge in [0.25, 0.3) is 11.8 Å². The Morgan fingerprint density at radius 2 is 1.17 bits per heavy atom. The summed E-state index contributed by atoms with van der Waals surface area (Å²) < 4.78 is 37.1. The van der Waals surface area contributed by atoms with Crippen LogP contribution in [0, 0.1) is 0 Å². The van der Waals surface area contributed by atoms with Crippen LogP contribution in [0.5, 0.6) is 23.1 Å². The molecule has 4 N–H and O–H groups in total. The van der Waals surface area contributed by atoms with Gasteiger partial charge < -0.3 is 49.0 Å². The third-order valence-corrected chi connectivity index (χ3v) is 9.00. The molecule has 0 unspecified atom stereocenters. The van der Waals surface area contributed by atoms with Crippen molar-refractivity contribution in [2.24, 2.45) is 11.5 Å². The van der Waals surface area contributed by atoms with E-state index in [4.69, 9.17) is 49.9 Å². The zero-order chi connectivity index (χ0) is 38.3. The van der Waals surface area contributed by atoms with Crippen molar-refractivity contribution in [3.63, 3.8) is 0 Å². The molecule has 3 aromatic heterocycles. The topological polar surface area (TPSA) is 224 Å². The molecule has 17 heteroatoms. The van der Waals surface area contributed by atoms with E-state index in [1.807, 2.05) is 9.13 Å². The predicted molar refractivity (Wildman–Crippen MR) is 192 cm³/mol. The Morgan fingerprint density at radius 3 is 1.70 bits per heavy atom. The maximum absolute atomic E-state index is 13.3. The molecule has 5 heterocycles. The van der Waals surface area contributed by atoms with E-state index in [1.165, 1.54) is 52.8 Å². The van der Waals surface area contributed by atoms with Crippen LogP contribution in [0.4, 0.5) is 0 Å². The summed E-state index contributed by atoms with van der Waals surface area (Å²) in [5.41, 5.74) is 14.2. The molecule has 6 aromatic rings. The fraction of sp³-hybridized carbons (Fsp3) is 0.216. The van der Waals surface area contributed by atoms with Gasteiger partial charge in [-0.25, -0.2) is 24.5 Å². The number of amides is 2. The average Bonchev–Trinajstić information content (AvgIpc) is 3.74. The molecule has 54 heavy (non-hydrogen) atoms. The molecule has 17 nitrogen and oxygen atoms in total. The molecule has 0 saturated carbocycles. The molecular formula is C37H33N7O10. The number of aromatic nitrogens is 5. The number of hydrogen-bond acceptors (Lipinski definition) is 13. The molecule has 4 bridgehead atoms. The first-order chi connectivity index (χ1) is 26.1. The van der Waals surface area contributed by atoms with E-state index in [0.717, 1.165) is 0 Å². The summed E-state index contributed by atoms with van der Waals surface area (Å²) in [7, 11) is 5.32. The Balaban J connectivity index is 1.55. The Bertz CT molecular complexity index is 2520. The van der Waals surface area contributed by atoms with E-state index in [2.05, 4.69) is 4.98 Å². The maximum atomic E-state index is 13.3. The molecular weight excluding hydrogens is 702 g/mol. The molecule has 3 aromatic carbocycles. The Morgan fingerprint density at radius 1 is 0.648 bits per heavy atom. The molecule has 0 radical (unpaired) electrons. The smallest absolute Gasteiger partial charge is 0.338 e. The minimum Gasteiger partial charge on any atom is -0.494 e. The van der Waals surface area contributed by atoms with Crippen molar-refractivity contribution >= 4 is 45.8 Å². The summed E-state index contributed by atoms with van der Waals surface area (Å²) in [5.74, 6) is -1.41. The first-order valence-electron chi connectivity index (χ1n) is 16.4. The highest BCUT2D eigenvalue weighted by atomic mass is 16.5. The highest BCUT2D eigenvalue weighted by Crippen LogP contribution is 2.38. The van der Waals surface area contributed by atoms with E-state index in [-0.39, 0.29) is 82.8 Å². The fourth-order valence-electron chi connectivity index (χ4n) is 6.56. The van der Waals surface area contributed by atoms with Crippen LogP contribution in [0.1, 0.15) is 41.4 Å².